The van der Waals surface area contributed by atoms with Crippen LogP contribution in [0.1, 0.15) is 27.3 Å². The second-order valence-electron chi connectivity index (χ2n) is 5.79. The van der Waals surface area contributed by atoms with Crippen LogP contribution in [0.2, 0.25) is 0 Å². The van der Waals surface area contributed by atoms with Crippen molar-refractivity contribution < 1.29 is 19.1 Å². The van der Waals surface area contributed by atoms with Gasteiger partial charge in [-0.1, -0.05) is 24.3 Å². The summed E-state index contributed by atoms with van der Waals surface area (Å²) in [7, 11) is 1.34. The third-order valence-corrected chi connectivity index (χ3v) is 4.96. The van der Waals surface area contributed by atoms with Crippen LogP contribution in [-0.4, -0.2) is 30.6 Å². The second kappa shape index (κ2) is 9.09. The van der Waals surface area contributed by atoms with E-state index in [9.17, 15) is 9.59 Å². The summed E-state index contributed by atoms with van der Waals surface area (Å²) in [6, 6.07) is 14.8. The number of carbonyl (C=O) groups excluding carboxylic acids is 2. The van der Waals surface area contributed by atoms with Crippen LogP contribution in [0.4, 0.5) is 0 Å². The van der Waals surface area contributed by atoms with Crippen molar-refractivity contribution >= 4 is 39.6 Å². The molecule has 1 aromatic heterocycles. The lowest BCUT2D eigenvalue weighted by Gasteiger charge is -2.01. The molecule has 0 saturated carbocycles. The Morgan fingerprint density at radius 3 is 2.63 bits per heavy atom. The van der Waals surface area contributed by atoms with Crippen LogP contribution in [-0.2, 0) is 20.7 Å². The van der Waals surface area contributed by atoms with Crippen molar-refractivity contribution in [3.63, 3.8) is 0 Å². The summed E-state index contributed by atoms with van der Waals surface area (Å²) in [5.41, 5.74) is 2.27. The van der Waals surface area contributed by atoms with Gasteiger partial charge in [-0.3, -0.25) is 0 Å². The Kier molecular flexibility index (Phi) is 6.33. The molecule has 0 unspecified atom stereocenters. The van der Waals surface area contributed by atoms with Gasteiger partial charge in [-0.25, -0.2) is 14.6 Å². The first-order valence-corrected chi connectivity index (χ1v) is 9.35. The number of hydrogen-bond acceptors (Lipinski definition) is 6. The van der Waals surface area contributed by atoms with Crippen LogP contribution < -0.4 is 0 Å². The molecule has 0 aliphatic rings. The topological polar surface area (TPSA) is 65.5 Å². The summed E-state index contributed by atoms with van der Waals surface area (Å²) in [6.07, 6.45) is 4.54. The van der Waals surface area contributed by atoms with Crippen LogP contribution in [0, 0.1) is 0 Å². The molecular formula is C21H19NO4S. The Morgan fingerprint density at radius 2 is 1.89 bits per heavy atom. The van der Waals surface area contributed by atoms with Crippen molar-refractivity contribution in [1.29, 1.82) is 0 Å². The molecule has 0 aliphatic heterocycles. The van der Waals surface area contributed by atoms with Gasteiger partial charge in [-0.2, -0.15) is 0 Å². The van der Waals surface area contributed by atoms with Crippen LogP contribution in [0.5, 0.6) is 0 Å². The number of aryl methyl sites for hydroxylation is 1. The number of thiazole rings is 1. The molecule has 1 heterocycles. The molecule has 6 heteroatoms. The van der Waals surface area contributed by atoms with Gasteiger partial charge in [0.1, 0.15) is 0 Å². The van der Waals surface area contributed by atoms with Crippen molar-refractivity contribution in [3.8, 4) is 0 Å². The zero-order chi connectivity index (χ0) is 19.1. The van der Waals surface area contributed by atoms with E-state index in [0.717, 1.165) is 28.9 Å². The number of esters is 2. The van der Waals surface area contributed by atoms with E-state index in [1.807, 2.05) is 18.2 Å². The molecule has 0 spiro atoms. The molecule has 0 bridgehead atoms. The molecule has 0 radical (unpaired) electrons. The molecule has 0 amide bonds. The number of nitrogens with zero attached hydrogens (tertiary/aromatic N) is 1. The maximum absolute atomic E-state index is 11.8. The van der Waals surface area contributed by atoms with Crippen LogP contribution in [0.3, 0.4) is 0 Å². The molecule has 2 aromatic carbocycles. The molecule has 27 heavy (non-hydrogen) atoms. The summed E-state index contributed by atoms with van der Waals surface area (Å²) in [6.45, 7) is 0.348. The van der Waals surface area contributed by atoms with E-state index in [2.05, 4.69) is 15.8 Å². The minimum atomic E-state index is -0.392. The highest BCUT2D eigenvalue weighted by Gasteiger charge is 2.05. The van der Waals surface area contributed by atoms with Gasteiger partial charge in [0, 0.05) is 12.5 Å². The number of methoxy groups -OCH3 is 1. The minimum Gasteiger partial charge on any atom is -0.465 e. The summed E-state index contributed by atoms with van der Waals surface area (Å²) < 4.78 is 11.0. The van der Waals surface area contributed by atoms with Crippen LogP contribution in [0.15, 0.2) is 54.6 Å². The van der Waals surface area contributed by atoms with E-state index in [1.165, 1.54) is 17.9 Å². The molecule has 0 saturated heterocycles. The fourth-order valence-electron chi connectivity index (χ4n) is 2.48. The number of fused-ring (bicyclic) bond motifs is 1. The van der Waals surface area contributed by atoms with Crippen molar-refractivity contribution in [2.75, 3.05) is 13.7 Å². The fourth-order valence-corrected chi connectivity index (χ4v) is 3.49. The Bertz CT molecular complexity index is 927. The van der Waals surface area contributed by atoms with Gasteiger partial charge in [0.05, 0.1) is 34.5 Å². The van der Waals surface area contributed by atoms with E-state index < -0.39 is 11.9 Å². The van der Waals surface area contributed by atoms with Crippen LogP contribution in [0.25, 0.3) is 16.3 Å². The average Bonchev–Trinajstić information content (AvgIpc) is 3.12. The Morgan fingerprint density at radius 1 is 1.11 bits per heavy atom. The predicted molar refractivity (Wildman–Crippen MR) is 106 cm³/mol. The maximum atomic E-state index is 11.8. The molecular weight excluding hydrogens is 362 g/mol. The van der Waals surface area contributed by atoms with Gasteiger partial charge in [0.2, 0.25) is 0 Å². The number of aromatic nitrogens is 1. The SMILES string of the molecule is COC(=O)c1ccc(/C=C/C(=O)OCCCc2nc3ccccc3s2)cc1. The minimum absolute atomic E-state index is 0.348. The predicted octanol–water partition coefficient (Wildman–Crippen LogP) is 4.27. The largest absolute Gasteiger partial charge is 0.465 e. The molecule has 5 nitrogen and oxygen atoms in total. The molecule has 3 aromatic rings. The molecule has 0 N–H and O–H groups in total. The zero-order valence-electron chi connectivity index (χ0n) is 14.9. The number of ether oxygens (including phenoxy) is 2. The normalized spacial score (nSPS) is 11.0. The summed E-state index contributed by atoms with van der Waals surface area (Å²) in [5, 5.41) is 1.05. The lowest BCUT2D eigenvalue weighted by Crippen LogP contribution is -2.03. The Labute approximate surface area is 161 Å². The standard InChI is InChI=1S/C21H19NO4S/c1-25-21(24)16-11-8-15(9-12-16)10-13-20(23)26-14-4-7-19-22-17-5-2-3-6-18(17)27-19/h2-3,5-6,8-13H,4,7,14H2,1H3/b13-10+. The van der Waals surface area contributed by atoms with Gasteiger partial charge in [0.25, 0.3) is 0 Å². The van der Waals surface area contributed by atoms with E-state index in [1.54, 1.807) is 41.7 Å². The Hall–Kier alpha value is -2.99. The number of rotatable bonds is 7. The molecule has 3 rings (SSSR count). The van der Waals surface area contributed by atoms with Crippen LogP contribution >= 0.6 is 11.3 Å². The first-order valence-electron chi connectivity index (χ1n) is 8.53. The third kappa shape index (κ3) is 5.24. The van der Waals surface area contributed by atoms with E-state index >= 15 is 0 Å². The van der Waals surface area contributed by atoms with Crippen molar-refractivity contribution in [2.45, 2.75) is 12.8 Å². The highest BCUT2D eigenvalue weighted by atomic mass is 32.1. The Balaban J connectivity index is 1.42. The van der Waals surface area contributed by atoms with E-state index in [0.29, 0.717) is 12.2 Å². The highest BCUT2D eigenvalue weighted by Crippen LogP contribution is 2.22. The van der Waals surface area contributed by atoms with E-state index in [-0.39, 0.29) is 0 Å². The lowest BCUT2D eigenvalue weighted by molar-refractivity contribution is -0.137. The number of benzene rings is 2. The van der Waals surface area contributed by atoms with Gasteiger partial charge >= 0.3 is 11.9 Å². The monoisotopic (exact) mass is 381 g/mol. The van der Waals surface area contributed by atoms with Crippen molar-refractivity contribution in [3.05, 3.63) is 70.7 Å². The highest BCUT2D eigenvalue weighted by molar-refractivity contribution is 7.18. The fraction of sp³-hybridized carbons (Fsp3) is 0.190. The zero-order valence-corrected chi connectivity index (χ0v) is 15.7. The lowest BCUT2D eigenvalue weighted by atomic mass is 10.1. The summed E-state index contributed by atoms with van der Waals surface area (Å²) in [4.78, 5) is 27.7. The number of hydrogen-bond donors (Lipinski definition) is 0. The summed E-state index contributed by atoms with van der Waals surface area (Å²) in [5.74, 6) is -0.783. The molecule has 0 aliphatic carbocycles. The third-order valence-electron chi connectivity index (χ3n) is 3.86. The van der Waals surface area contributed by atoms with Gasteiger partial charge < -0.3 is 9.47 Å². The quantitative estimate of drug-likeness (QED) is 0.347. The van der Waals surface area contributed by atoms with Gasteiger partial charge in [0.15, 0.2) is 0 Å². The number of para-hydroxylation sites is 1. The maximum Gasteiger partial charge on any atom is 0.337 e. The van der Waals surface area contributed by atoms with Gasteiger partial charge in [-0.05, 0) is 42.3 Å². The first kappa shape index (κ1) is 18.8. The second-order valence-corrected chi connectivity index (χ2v) is 6.91. The van der Waals surface area contributed by atoms with E-state index in [4.69, 9.17) is 4.74 Å². The first-order chi connectivity index (χ1) is 13.2. The summed E-state index contributed by atoms with van der Waals surface area (Å²) >= 11 is 1.67. The van der Waals surface area contributed by atoms with Crippen molar-refractivity contribution in [1.82, 2.24) is 4.98 Å². The molecule has 138 valence electrons. The smallest absolute Gasteiger partial charge is 0.337 e. The number of carbonyl (C=O) groups is 2. The van der Waals surface area contributed by atoms with Crippen molar-refractivity contribution in [2.24, 2.45) is 0 Å². The van der Waals surface area contributed by atoms with Gasteiger partial charge in [-0.15, -0.1) is 11.3 Å². The molecule has 0 fully saturated rings. The molecule has 0 atom stereocenters. The average molecular weight is 381 g/mol.